The van der Waals surface area contributed by atoms with Gasteiger partial charge < -0.3 is 29.7 Å². The fraction of sp³-hybridized carbons (Fsp3) is 0.529. The monoisotopic (exact) mass is 349 g/mol. The fourth-order valence-corrected chi connectivity index (χ4v) is 3.04. The lowest BCUT2D eigenvalue weighted by molar-refractivity contribution is 0.108. The highest BCUT2D eigenvalue weighted by atomic mass is 16.7. The molecule has 1 fully saturated rings. The van der Waals surface area contributed by atoms with E-state index in [-0.39, 0.29) is 25.0 Å². The van der Waals surface area contributed by atoms with Crippen molar-refractivity contribution >= 4 is 12.1 Å². The SMILES string of the molecule is COC(=O)N1CCCC(NC(=O)NCCc2ccc3c(c2)OCO3)C1. The van der Waals surface area contributed by atoms with Crippen LogP contribution in [-0.2, 0) is 11.2 Å². The van der Waals surface area contributed by atoms with E-state index < -0.39 is 0 Å². The molecule has 2 aliphatic heterocycles. The third kappa shape index (κ3) is 4.46. The maximum absolute atomic E-state index is 12.0. The highest BCUT2D eigenvalue weighted by Crippen LogP contribution is 2.32. The molecule has 2 heterocycles. The molecule has 3 rings (SSSR count). The number of rotatable bonds is 4. The number of urea groups is 1. The van der Waals surface area contributed by atoms with Gasteiger partial charge in [-0.25, -0.2) is 9.59 Å². The Bertz CT molecular complexity index is 637. The molecule has 3 amide bonds. The summed E-state index contributed by atoms with van der Waals surface area (Å²) in [5.74, 6) is 1.49. The van der Waals surface area contributed by atoms with Gasteiger partial charge in [0.15, 0.2) is 11.5 Å². The number of amides is 3. The third-order valence-corrected chi connectivity index (χ3v) is 4.33. The molecule has 0 saturated carbocycles. The van der Waals surface area contributed by atoms with Crippen LogP contribution >= 0.6 is 0 Å². The van der Waals surface area contributed by atoms with E-state index in [1.807, 2.05) is 18.2 Å². The summed E-state index contributed by atoms with van der Waals surface area (Å²) >= 11 is 0. The molecule has 1 unspecified atom stereocenters. The zero-order valence-electron chi connectivity index (χ0n) is 14.2. The van der Waals surface area contributed by atoms with Gasteiger partial charge in [0.2, 0.25) is 6.79 Å². The molecule has 1 saturated heterocycles. The molecule has 0 bridgehead atoms. The minimum atomic E-state index is -0.352. The number of piperidine rings is 1. The van der Waals surface area contributed by atoms with E-state index in [0.717, 1.165) is 29.9 Å². The number of carbonyl (C=O) groups is 2. The first kappa shape index (κ1) is 17.2. The first-order valence-corrected chi connectivity index (χ1v) is 8.41. The van der Waals surface area contributed by atoms with Crippen LogP contribution in [0.25, 0.3) is 0 Å². The van der Waals surface area contributed by atoms with Gasteiger partial charge in [0.25, 0.3) is 0 Å². The average Bonchev–Trinajstić information content (AvgIpc) is 3.09. The summed E-state index contributed by atoms with van der Waals surface area (Å²) in [7, 11) is 1.36. The van der Waals surface area contributed by atoms with E-state index in [4.69, 9.17) is 14.2 Å². The standard InChI is InChI=1S/C17H23N3O5/c1-23-17(22)20-8-2-3-13(10-20)19-16(21)18-7-6-12-4-5-14-15(9-12)25-11-24-14/h4-5,9,13H,2-3,6-8,10-11H2,1H3,(H2,18,19,21). The Morgan fingerprint density at radius 2 is 2.16 bits per heavy atom. The van der Waals surface area contributed by atoms with Crippen LogP contribution in [0.2, 0.25) is 0 Å². The lowest BCUT2D eigenvalue weighted by Gasteiger charge is -2.32. The summed E-state index contributed by atoms with van der Waals surface area (Å²) in [5.41, 5.74) is 1.07. The van der Waals surface area contributed by atoms with Gasteiger partial charge in [-0.2, -0.15) is 0 Å². The third-order valence-electron chi connectivity index (χ3n) is 4.33. The molecule has 0 spiro atoms. The predicted molar refractivity (Wildman–Crippen MR) is 89.8 cm³/mol. The van der Waals surface area contributed by atoms with Gasteiger partial charge >= 0.3 is 12.1 Å². The molecule has 0 aromatic heterocycles. The topological polar surface area (TPSA) is 89.1 Å². The summed E-state index contributed by atoms with van der Waals surface area (Å²) in [6.45, 7) is 1.90. The van der Waals surface area contributed by atoms with Crippen LogP contribution in [-0.4, -0.2) is 56.6 Å². The van der Waals surface area contributed by atoms with Crippen LogP contribution in [0.5, 0.6) is 11.5 Å². The molecule has 1 atom stereocenters. The molecule has 1 aromatic carbocycles. The van der Waals surface area contributed by atoms with E-state index >= 15 is 0 Å². The lowest BCUT2D eigenvalue weighted by Crippen LogP contribution is -2.52. The van der Waals surface area contributed by atoms with Gasteiger partial charge in [-0.15, -0.1) is 0 Å². The van der Waals surface area contributed by atoms with Crippen molar-refractivity contribution in [2.45, 2.75) is 25.3 Å². The minimum absolute atomic E-state index is 0.0570. The van der Waals surface area contributed by atoms with Gasteiger partial charge in [0.05, 0.1) is 7.11 Å². The molecule has 0 radical (unpaired) electrons. The Morgan fingerprint density at radius 1 is 1.32 bits per heavy atom. The highest BCUT2D eigenvalue weighted by Gasteiger charge is 2.25. The summed E-state index contributed by atoms with van der Waals surface area (Å²) < 4.78 is 15.3. The van der Waals surface area contributed by atoms with Crippen LogP contribution in [0.15, 0.2) is 18.2 Å². The number of methoxy groups -OCH3 is 1. The largest absolute Gasteiger partial charge is 0.454 e. The van der Waals surface area contributed by atoms with Crippen LogP contribution < -0.4 is 20.1 Å². The maximum atomic E-state index is 12.0. The highest BCUT2D eigenvalue weighted by molar-refractivity contribution is 5.74. The molecule has 2 N–H and O–H groups in total. The molecular weight excluding hydrogens is 326 g/mol. The van der Waals surface area contributed by atoms with Crippen molar-refractivity contribution in [3.8, 4) is 11.5 Å². The fourth-order valence-electron chi connectivity index (χ4n) is 3.04. The smallest absolute Gasteiger partial charge is 0.409 e. The second-order valence-electron chi connectivity index (χ2n) is 6.09. The normalized spacial score (nSPS) is 18.6. The molecule has 25 heavy (non-hydrogen) atoms. The number of fused-ring (bicyclic) bond motifs is 1. The van der Waals surface area contributed by atoms with Crippen LogP contribution in [0.1, 0.15) is 18.4 Å². The number of hydrogen-bond acceptors (Lipinski definition) is 5. The summed E-state index contributed by atoms with van der Waals surface area (Å²) in [6, 6.07) is 5.48. The zero-order valence-corrected chi connectivity index (χ0v) is 14.2. The summed E-state index contributed by atoms with van der Waals surface area (Å²) in [5, 5.41) is 5.76. The number of ether oxygens (including phenoxy) is 3. The zero-order chi connectivity index (χ0) is 17.6. The molecular formula is C17H23N3O5. The van der Waals surface area contributed by atoms with E-state index in [2.05, 4.69) is 10.6 Å². The lowest BCUT2D eigenvalue weighted by atomic mass is 10.1. The Morgan fingerprint density at radius 3 is 3.00 bits per heavy atom. The molecule has 8 heteroatoms. The Labute approximate surface area is 146 Å². The van der Waals surface area contributed by atoms with Crippen LogP contribution in [0, 0.1) is 0 Å². The second-order valence-corrected chi connectivity index (χ2v) is 6.09. The second kappa shape index (κ2) is 7.96. The van der Waals surface area contributed by atoms with Gasteiger partial charge in [0.1, 0.15) is 0 Å². The Hall–Kier alpha value is -2.64. The van der Waals surface area contributed by atoms with E-state index in [9.17, 15) is 9.59 Å². The van der Waals surface area contributed by atoms with E-state index in [0.29, 0.717) is 26.1 Å². The quantitative estimate of drug-likeness (QED) is 0.860. The number of likely N-dealkylation sites (tertiary alicyclic amines) is 1. The van der Waals surface area contributed by atoms with Crippen molar-refractivity contribution < 1.29 is 23.8 Å². The Balaban J connectivity index is 1.40. The van der Waals surface area contributed by atoms with E-state index in [1.54, 1.807) is 4.90 Å². The number of carbonyl (C=O) groups excluding carboxylic acids is 2. The van der Waals surface area contributed by atoms with Crippen molar-refractivity contribution in [2.24, 2.45) is 0 Å². The van der Waals surface area contributed by atoms with Crippen LogP contribution in [0.3, 0.4) is 0 Å². The minimum Gasteiger partial charge on any atom is -0.454 e. The Kier molecular flexibility index (Phi) is 5.47. The summed E-state index contributed by atoms with van der Waals surface area (Å²) in [6.07, 6.45) is 2.04. The molecule has 0 aliphatic carbocycles. The maximum Gasteiger partial charge on any atom is 0.409 e. The molecule has 136 valence electrons. The predicted octanol–water partition coefficient (Wildman–Crippen LogP) is 1.49. The first-order chi connectivity index (χ1) is 12.2. The van der Waals surface area contributed by atoms with Gasteiger partial charge in [-0.3, -0.25) is 0 Å². The number of hydrogen-bond donors (Lipinski definition) is 2. The number of nitrogens with zero attached hydrogens (tertiary/aromatic N) is 1. The molecule has 2 aliphatic rings. The average molecular weight is 349 g/mol. The van der Waals surface area contributed by atoms with E-state index in [1.165, 1.54) is 7.11 Å². The number of nitrogens with one attached hydrogen (secondary N) is 2. The van der Waals surface area contributed by atoms with Crippen molar-refractivity contribution in [1.82, 2.24) is 15.5 Å². The van der Waals surface area contributed by atoms with Gasteiger partial charge in [-0.05, 0) is 37.0 Å². The van der Waals surface area contributed by atoms with Crippen LogP contribution in [0.4, 0.5) is 9.59 Å². The van der Waals surface area contributed by atoms with Crippen molar-refractivity contribution in [3.05, 3.63) is 23.8 Å². The van der Waals surface area contributed by atoms with Gasteiger partial charge in [-0.1, -0.05) is 6.07 Å². The number of benzene rings is 1. The summed E-state index contributed by atoms with van der Waals surface area (Å²) in [4.78, 5) is 25.2. The van der Waals surface area contributed by atoms with Crippen molar-refractivity contribution in [3.63, 3.8) is 0 Å². The first-order valence-electron chi connectivity index (χ1n) is 8.41. The molecule has 8 nitrogen and oxygen atoms in total. The molecule has 1 aromatic rings. The van der Waals surface area contributed by atoms with Gasteiger partial charge in [0, 0.05) is 25.7 Å². The van der Waals surface area contributed by atoms with Crippen molar-refractivity contribution in [2.75, 3.05) is 33.5 Å². The van der Waals surface area contributed by atoms with Crippen molar-refractivity contribution in [1.29, 1.82) is 0 Å².